The van der Waals surface area contributed by atoms with E-state index in [0.29, 0.717) is 38.5 Å². The third kappa shape index (κ3) is 6.31. The lowest BCUT2D eigenvalue weighted by Crippen LogP contribution is -2.44. The van der Waals surface area contributed by atoms with Gasteiger partial charge in [0, 0.05) is 11.1 Å². The Morgan fingerprint density at radius 2 is 1.80 bits per heavy atom. The number of benzene rings is 2. The van der Waals surface area contributed by atoms with Gasteiger partial charge in [0.25, 0.3) is 11.8 Å². The Morgan fingerprint density at radius 1 is 1.10 bits per heavy atom. The minimum Gasteiger partial charge on any atom is -0.496 e. The first-order chi connectivity index (χ1) is 19.0. The molecule has 212 valence electrons. The summed E-state index contributed by atoms with van der Waals surface area (Å²) >= 11 is 6.14. The number of methoxy groups -OCH3 is 1. The van der Waals surface area contributed by atoms with Crippen LogP contribution in [0.5, 0.6) is 11.5 Å². The number of rotatable bonds is 9. The molecule has 2 fully saturated rings. The SMILES string of the molecule is COc1cc(C#N)c(OC2CCC(C)(C(=O)O)CC2)cc1C(=O)Nc1cc(Cl)ccc1C(=O)NCC1(F)CCC1. The number of anilines is 1. The molecule has 0 heterocycles. The number of halogens is 2. The highest BCUT2D eigenvalue weighted by atomic mass is 35.5. The highest BCUT2D eigenvalue weighted by Crippen LogP contribution is 2.39. The number of ether oxygens (including phenoxy) is 2. The van der Waals surface area contributed by atoms with Crippen molar-refractivity contribution in [1.82, 2.24) is 5.32 Å². The lowest BCUT2D eigenvalue weighted by Gasteiger charge is -2.34. The van der Waals surface area contributed by atoms with Crippen molar-refractivity contribution in [3.05, 3.63) is 52.0 Å². The van der Waals surface area contributed by atoms with Crippen LogP contribution in [-0.4, -0.2) is 48.3 Å². The molecule has 0 radical (unpaired) electrons. The Hall–Kier alpha value is -3.84. The monoisotopic (exact) mass is 571 g/mol. The number of amides is 2. The maximum Gasteiger partial charge on any atom is 0.309 e. The average Bonchev–Trinajstić information content (AvgIpc) is 2.91. The van der Waals surface area contributed by atoms with Gasteiger partial charge in [0.1, 0.15) is 23.2 Å². The molecule has 2 aromatic carbocycles. The number of carbonyl (C=O) groups excluding carboxylic acids is 2. The minimum atomic E-state index is -1.41. The number of hydrogen-bond donors (Lipinski definition) is 3. The van der Waals surface area contributed by atoms with Gasteiger partial charge in [-0.1, -0.05) is 11.6 Å². The molecule has 2 aliphatic rings. The lowest BCUT2D eigenvalue weighted by molar-refractivity contribution is -0.150. The van der Waals surface area contributed by atoms with E-state index in [1.807, 2.05) is 6.07 Å². The summed E-state index contributed by atoms with van der Waals surface area (Å²) in [6.45, 7) is 1.58. The van der Waals surface area contributed by atoms with Crippen molar-refractivity contribution in [2.45, 2.75) is 63.6 Å². The van der Waals surface area contributed by atoms with Gasteiger partial charge in [0.05, 0.1) is 47.6 Å². The fraction of sp³-hybridized carbons (Fsp3) is 0.448. The zero-order valence-corrected chi connectivity index (χ0v) is 23.1. The molecule has 0 spiro atoms. The predicted octanol–water partition coefficient (Wildman–Crippen LogP) is 5.51. The highest BCUT2D eigenvalue weighted by molar-refractivity contribution is 6.31. The molecular weight excluding hydrogens is 541 g/mol. The number of nitriles is 1. The van der Waals surface area contributed by atoms with Crippen molar-refractivity contribution in [3.63, 3.8) is 0 Å². The van der Waals surface area contributed by atoms with Crippen LogP contribution in [0.2, 0.25) is 5.02 Å². The minimum absolute atomic E-state index is 0.0474. The first kappa shape index (κ1) is 29.2. The number of aliphatic carboxylic acids is 1. The molecule has 11 heteroatoms. The Labute approximate surface area is 236 Å². The van der Waals surface area contributed by atoms with Crippen LogP contribution in [-0.2, 0) is 4.79 Å². The first-order valence-corrected chi connectivity index (χ1v) is 13.4. The maximum absolute atomic E-state index is 14.4. The number of alkyl halides is 1. The van der Waals surface area contributed by atoms with Crippen molar-refractivity contribution in [3.8, 4) is 17.6 Å². The van der Waals surface area contributed by atoms with Crippen LogP contribution in [0.3, 0.4) is 0 Å². The Balaban J connectivity index is 1.55. The Morgan fingerprint density at radius 3 is 2.38 bits per heavy atom. The van der Waals surface area contributed by atoms with Gasteiger partial charge in [-0.05, 0) is 76.1 Å². The summed E-state index contributed by atoms with van der Waals surface area (Å²) in [6, 6.07) is 9.18. The van der Waals surface area contributed by atoms with E-state index in [4.69, 9.17) is 21.1 Å². The van der Waals surface area contributed by atoms with E-state index in [0.717, 1.165) is 6.42 Å². The van der Waals surface area contributed by atoms with Crippen molar-refractivity contribution in [2.24, 2.45) is 5.41 Å². The second kappa shape index (κ2) is 11.7. The number of hydrogen-bond acceptors (Lipinski definition) is 6. The van der Waals surface area contributed by atoms with Gasteiger partial charge in [0.15, 0.2) is 0 Å². The molecule has 40 heavy (non-hydrogen) atoms. The second-order valence-electron chi connectivity index (χ2n) is 10.7. The van der Waals surface area contributed by atoms with E-state index in [2.05, 4.69) is 10.6 Å². The molecule has 0 bridgehead atoms. The molecular formula is C29H31ClFN3O6. The summed E-state index contributed by atoms with van der Waals surface area (Å²) in [5.41, 5.74) is -1.82. The highest BCUT2D eigenvalue weighted by Gasteiger charge is 2.39. The van der Waals surface area contributed by atoms with Crippen molar-refractivity contribution < 1.29 is 33.4 Å². The van der Waals surface area contributed by atoms with E-state index in [-0.39, 0.29) is 51.5 Å². The standard InChI is InChI=1S/C29H31ClFN3O6/c1-28(27(37)38)10-6-19(7-11-28)40-23-14-21(24(39-2)12-17(23)15-32)26(36)34-22-13-18(30)4-5-20(22)25(35)33-16-29(31)8-3-9-29/h4-5,12-14,19H,3,6-11,16H2,1-2H3,(H,33,35)(H,34,36)(H,37,38). The van der Waals surface area contributed by atoms with E-state index < -0.39 is 28.9 Å². The molecule has 0 saturated heterocycles. The molecule has 4 rings (SSSR count). The molecule has 0 aromatic heterocycles. The molecule has 2 saturated carbocycles. The smallest absolute Gasteiger partial charge is 0.309 e. The molecule has 0 unspecified atom stereocenters. The van der Waals surface area contributed by atoms with Gasteiger partial charge in [-0.25, -0.2) is 4.39 Å². The van der Waals surface area contributed by atoms with Gasteiger partial charge in [-0.15, -0.1) is 0 Å². The molecule has 2 aliphatic carbocycles. The number of carbonyl (C=O) groups is 3. The van der Waals surface area contributed by atoms with E-state index in [1.165, 1.54) is 37.4 Å². The van der Waals surface area contributed by atoms with Crippen LogP contribution in [0.4, 0.5) is 10.1 Å². The third-order valence-electron chi connectivity index (χ3n) is 7.80. The second-order valence-corrected chi connectivity index (χ2v) is 11.1. The number of carboxylic acids is 1. The molecule has 3 N–H and O–H groups in total. The van der Waals surface area contributed by atoms with Crippen molar-refractivity contribution >= 4 is 35.1 Å². The molecule has 0 aliphatic heterocycles. The average molecular weight is 572 g/mol. The van der Waals surface area contributed by atoms with Gasteiger partial charge >= 0.3 is 5.97 Å². The quantitative estimate of drug-likeness (QED) is 0.361. The van der Waals surface area contributed by atoms with E-state index >= 15 is 0 Å². The first-order valence-electron chi connectivity index (χ1n) is 13.1. The topological polar surface area (TPSA) is 138 Å². The number of carboxylic acid groups (broad SMARTS) is 1. The van der Waals surface area contributed by atoms with E-state index in [9.17, 15) is 29.1 Å². The van der Waals surface area contributed by atoms with Crippen LogP contribution < -0.4 is 20.1 Å². The summed E-state index contributed by atoms with van der Waals surface area (Å²) in [5, 5.41) is 24.7. The summed E-state index contributed by atoms with van der Waals surface area (Å²) in [5.74, 6) is -1.78. The molecule has 0 atom stereocenters. The summed E-state index contributed by atoms with van der Waals surface area (Å²) in [4.78, 5) is 37.9. The van der Waals surface area contributed by atoms with Gasteiger partial charge < -0.3 is 25.2 Å². The summed E-state index contributed by atoms with van der Waals surface area (Å²) in [7, 11) is 1.35. The van der Waals surface area contributed by atoms with Crippen LogP contribution in [0.1, 0.15) is 78.1 Å². The third-order valence-corrected chi connectivity index (χ3v) is 8.04. The Kier molecular flexibility index (Phi) is 8.54. The zero-order valence-electron chi connectivity index (χ0n) is 22.3. The van der Waals surface area contributed by atoms with Crippen LogP contribution in [0, 0.1) is 16.7 Å². The lowest BCUT2D eigenvalue weighted by atomic mass is 9.75. The van der Waals surface area contributed by atoms with Crippen LogP contribution in [0.15, 0.2) is 30.3 Å². The van der Waals surface area contributed by atoms with Crippen molar-refractivity contribution in [1.29, 1.82) is 5.26 Å². The van der Waals surface area contributed by atoms with Gasteiger partial charge in [-0.2, -0.15) is 5.26 Å². The number of nitrogens with zero attached hydrogens (tertiary/aromatic N) is 1. The van der Waals surface area contributed by atoms with Crippen molar-refractivity contribution in [2.75, 3.05) is 19.0 Å². The fourth-order valence-electron chi connectivity index (χ4n) is 4.91. The zero-order chi connectivity index (χ0) is 29.1. The van der Waals surface area contributed by atoms with Crippen LogP contribution >= 0.6 is 11.6 Å². The summed E-state index contributed by atoms with van der Waals surface area (Å²) in [6.07, 6.45) is 3.00. The van der Waals surface area contributed by atoms with Gasteiger partial charge in [-0.3, -0.25) is 14.4 Å². The summed E-state index contributed by atoms with van der Waals surface area (Å²) < 4.78 is 25.9. The van der Waals surface area contributed by atoms with Gasteiger partial charge in [0.2, 0.25) is 0 Å². The fourth-order valence-corrected chi connectivity index (χ4v) is 5.08. The molecule has 2 amide bonds. The van der Waals surface area contributed by atoms with Crippen LogP contribution in [0.25, 0.3) is 0 Å². The Bertz CT molecular complexity index is 1360. The van der Waals surface area contributed by atoms with E-state index in [1.54, 1.807) is 6.92 Å². The maximum atomic E-state index is 14.4. The predicted molar refractivity (Wildman–Crippen MR) is 146 cm³/mol. The molecule has 2 aromatic rings. The largest absolute Gasteiger partial charge is 0.496 e. The molecule has 9 nitrogen and oxygen atoms in total. The number of nitrogens with one attached hydrogen (secondary N) is 2. The normalized spacial score (nSPS) is 21.3.